The van der Waals surface area contributed by atoms with Crippen LogP contribution >= 0.6 is 23.2 Å². The minimum atomic E-state index is -3.93. The highest BCUT2D eigenvalue weighted by molar-refractivity contribution is 7.89. The van der Waals surface area contributed by atoms with Crippen LogP contribution in [0.5, 0.6) is 0 Å². The number of halogens is 2. The van der Waals surface area contributed by atoms with Gasteiger partial charge in [0.1, 0.15) is 0 Å². The van der Waals surface area contributed by atoms with Gasteiger partial charge in [-0.3, -0.25) is 10.1 Å². The van der Waals surface area contributed by atoms with Gasteiger partial charge in [0.2, 0.25) is 10.0 Å². The van der Waals surface area contributed by atoms with Crippen LogP contribution in [0.4, 0.5) is 5.69 Å². The standard InChI is InChI=1S/C10H10Cl2N2O4S/c1-6(11)5-13-19(17,18)8-3-9(12)7(2)10(4-8)14(15)16/h3-4,13H,1,5H2,2H3. The molecule has 0 aliphatic heterocycles. The van der Waals surface area contributed by atoms with Crippen LogP contribution in [0.3, 0.4) is 0 Å². The number of nitrogens with one attached hydrogen (secondary N) is 1. The zero-order valence-electron chi connectivity index (χ0n) is 9.81. The van der Waals surface area contributed by atoms with Crippen molar-refractivity contribution in [3.63, 3.8) is 0 Å². The molecule has 0 heterocycles. The molecule has 0 spiro atoms. The maximum atomic E-state index is 11.9. The quantitative estimate of drug-likeness (QED) is 0.665. The molecule has 0 bridgehead atoms. The van der Waals surface area contributed by atoms with Gasteiger partial charge in [-0.1, -0.05) is 29.8 Å². The molecular weight excluding hydrogens is 315 g/mol. The van der Waals surface area contributed by atoms with Crippen molar-refractivity contribution in [2.24, 2.45) is 0 Å². The van der Waals surface area contributed by atoms with Crippen molar-refractivity contribution in [2.75, 3.05) is 6.54 Å². The second-order valence-corrected chi connectivity index (χ2v) is 6.36. The van der Waals surface area contributed by atoms with Gasteiger partial charge in [0.15, 0.2) is 0 Å². The van der Waals surface area contributed by atoms with Crippen molar-refractivity contribution >= 4 is 38.9 Å². The number of nitro benzene ring substituents is 1. The largest absolute Gasteiger partial charge is 0.275 e. The summed E-state index contributed by atoms with van der Waals surface area (Å²) in [6, 6.07) is 2.09. The Morgan fingerprint density at radius 2 is 2.11 bits per heavy atom. The topological polar surface area (TPSA) is 89.3 Å². The Kier molecular flexibility index (Phi) is 4.92. The summed E-state index contributed by atoms with van der Waals surface area (Å²) in [5.74, 6) is 0. The average Bonchev–Trinajstić information content (AvgIpc) is 2.29. The Morgan fingerprint density at radius 1 is 1.53 bits per heavy atom. The second kappa shape index (κ2) is 5.87. The highest BCUT2D eigenvalue weighted by Crippen LogP contribution is 2.29. The monoisotopic (exact) mass is 324 g/mol. The van der Waals surface area contributed by atoms with E-state index < -0.39 is 14.9 Å². The molecule has 0 aliphatic carbocycles. The Hall–Kier alpha value is -1.15. The lowest BCUT2D eigenvalue weighted by atomic mass is 10.2. The second-order valence-electron chi connectivity index (χ2n) is 3.65. The van der Waals surface area contributed by atoms with Crippen molar-refractivity contribution in [3.8, 4) is 0 Å². The summed E-state index contributed by atoms with van der Waals surface area (Å²) in [7, 11) is -3.93. The fraction of sp³-hybridized carbons (Fsp3) is 0.200. The van der Waals surface area contributed by atoms with Crippen LogP contribution in [0, 0.1) is 17.0 Å². The van der Waals surface area contributed by atoms with Crippen molar-refractivity contribution in [1.29, 1.82) is 0 Å². The minimum Gasteiger partial charge on any atom is -0.258 e. The Bertz CT molecular complexity index is 643. The van der Waals surface area contributed by atoms with E-state index in [1.807, 2.05) is 0 Å². The van der Waals surface area contributed by atoms with E-state index in [1.54, 1.807) is 0 Å². The first-order valence-electron chi connectivity index (χ1n) is 4.92. The average molecular weight is 325 g/mol. The smallest absolute Gasteiger partial charge is 0.258 e. The van der Waals surface area contributed by atoms with Crippen LogP contribution in [-0.4, -0.2) is 19.9 Å². The first-order chi connectivity index (χ1) is 8.65. The van der Waals surface area contributed by atoms with E-state index in [1.165, 1.54) is 6.92 Å². The van der Waals surface area contributed by atoms with E-state index in [-0.39, 0.29) is 32.7 Å². The molecule has 6 nitrogen and oxygen atoms in total. The van der Waals surface area contributed by atoms with E-state index >= 15 is 0 Å². The Morgan fingerprint density at radius 3 is 2.58 bits per heavy atom. The molecule has 0 amide bonds. The van der Waals surface area contributed by atoms with Crippen molar-refractivity contribution in [1.82, 2.24) is 4.72 Å². The summed E-state index contributed by atoms with van der Waals surface area (Å²) >= 11 is 11.2. The lowest BCUT2D eigenvalue weighted by Gasteiger charge is -2.08. The van der Waals surface area contributed by atoms with Gasteiger partial charge in [-0.2, -0.15) is 0 Å². The van der Waals surface area contributed by atoms with Gasteiger partial charge in [0, 0.05) is 23.2 Å². The van der Waals surface area contributed by atoms with Gasteiger partial charge in [-0.25, -0.2) is 13.1 Å². The van der Waals surface area contributed by atoms with Gasteiger partial charge in [0.25, 0.3) is 5.69 Å². The zero-order chi connectivity index (χ0) is 14.8. The van der Waals surface area contributed by atoms with Crippen LogP contribution in [0.25, 0.3) is 0 Å². The number of nitrogens with zero attached hydrogens (tertiary/aromatic N) is 1. The molecule has 0 saturated heterocycles. The molecule has 0 radical (unpaired) electrons. The highest BCUT2D eigenvalue weighted by atomic mass is 35.5. The molecule has 0 aromatic heterocycles. The summed E-state index contributed by atoms with van der Waals surface area (Å²) < 4.78 is 25.9. The molecular formula is C10H10Cl2N2O4S. The third-order valence-corrected chi connectivity index (χ3v) is 4.16. The van der Waals surface area contributed by atoms with E-state index in [0.717, 1.165) is 12.1 Å². The Balaban J connectivity index is 3.28. The molecule has 0 aliphatic rings. The highest BCUT2D eigenvalue weighted by Gasteiger charge is 2.22. The SMILES string of the molecule is C=C(Cl)CNS(=O)(=O)c1cc(Cl)c(C)c([N+](=O)[O-])c1. The summed E-state index contributed by atoms with van der Waals surface area (Å²) in [5.41, 5.74) is -0.162. The van der Waals surface area contributed by atoms with Gasteiger partial charge in [0.05, 0.1) is 14.8 Å². The molecule has 1 N–H and O–H groups in total. The predicted octanol–water partition coefficient (Wildman–Crippen LogP) is 2.59. The molecule has 0 atom stereocenters. The van der Waals surface area contributed by atoms with Crippen molar-refractivity contribution in [3.05, 3.63) is 44.4 Å². The van der Waals surface area contributed by atoms with E-state index in [2.05, 4.69) is 11.3 Å². The maximum Gasteiger partial charge on any atom is 0.275 e. The van der Waals surface area contributed by atoms with Crippen LogP contribution in [0.15, 0.2) is 28.6 Å². The predicted molar refractivity (Wildman–Crippen MR) is 73.0 cm³/mol. The van der Waals surface area contributed by atoms with Crippen LogP contribution in [-0.2, 0) is 10.0 Å². The molecule has 1 aromatic carbocycles. The van der Waals surface area contributed by atoms with Crippen LogP contribution in [0.1, 0.15) is 5.56 Å². The molecule has 19 heavy (non-hydrogen) atoms. The van der Waals surface area contributed by atoms with E-state index in [9.17, 15) is 18.5 Å². The molecule has 0 unspecified atom stereocenters. The first kappa shape index (κ1) is 15.9. The van der Waals surface area contributed by atoms with E-state index in [0.29, 0.717) is 0 Å². The first-order valence-corrected chi connectivity index (χ1v) is 7.16. The lowest BCUT2D eigenvalue weighted by Crippen LogP contribution is -2.25. The minimum absolute atomic E-state index is 0.000671. The van der Waals surface area contributed by atoms with Crippen molar-refractivity contribution < 1.29 is 13.3 Å². The fourth-order valence-electron chi connectivity index (χ4n) is 1.24. The van der Waals surface area contributed by atoms with Crippen LogP contribution < -0.4 is 4.72 Å². The molecule has 1 aromatic rings. The number of rotatable bonds is 5. The number of hydrogen-bond acceptors (Lipinski definition) is 4. The maximum absolute atomic E-state index is 11.9. The van der Waals surface area contributed by atoms with Gasteiger partial charge < -0.3 is 0 Å². The third-order valence-electron chi connectivity index (χ3n) is 2.25. The van der Waals surface area contributed by atoms with Crippen molar-refractivity contribution in [2.45, 2.75) is 11.8 Å². The summed E-state index contributed by atoms with van der Waals surface area (Å²) in [4.78, 5) is 9.82. The third kappa shape index (κ3) is 3.90. The summed E-state index contributed by atoms with van der Waals surface area (Å²) in [6.45, 7) is 4.59. The molecule has 0 saturated carbocycles. The fourth-order valence-corrected chi connectivity index (χ4v) is 2.74. The van der Waals surface area contributed by atoms with Gasteiger partial charge in [-0.05, 0) is 13.0 Å². The normalized spacial score (nSPS) is 11.3. The van der Waals surface area contributed by atoms with E-state index in [4.69, 9.17) is 23.2 Å². The summed E-state index contributed by atoms with van der Waals surface area (Å²) in [5, 5.41) is 10.9. The van der Waals surface area contributed by atoms with Gasteiger partial charge >= 0.3 is 0 Å². The zero-order valence-corrected chi connectivity index (χ0v) is 12.1. The number of sulfonamides is 1. The van der Waals surface area contributed by atoms with Gasteiger partial charge in [-0.15, -0.1) is 0 Å². The molecule has 104 valence electrons. The molecule has 1 rings (SSSR count). The lowest BCUT2D eigenvalue weighted by molar-refractivity contribution is -0.385. The Labute approximate surface area is 120 Å². The molecule has 0 fully saturated rings. The summed E-state index contributed by atoms with van der Waals surface area (Å²) in [6.07, 6.45) is 0. The molecule has 9 heteroatoms. The number of hydrogen-bond donors (Lipinski definition) is 1. The number of nitro groups is 1. The van der Waals surface area contributed by atoms with Crippen LogP contribution in [0.2, 0.25) is 5.02 Å². The number of benzene rings is 1.